The summed E-state index contributed by atoms with van der Waals surface area (Å²) in [7, 11) is -2.50. The van der Waals surface area contributed by atoms with Crippen molar-refractivity contribution in [3.05, 3.63) is 115 Å². The molecule has 0 saturated heterocycles. The van der Waals surface area contributed by atoms with Gasteiger partial charge in [0.1, 0.15) is 6.10 Å². The van der Waals surface area contributed by atoms with Crippen molar-refractivity contribution < 1.29 is 13.9 Å². The standard InChI is InChI=1S/C34H46O3Si2/c1-10-28-18-17-19-29(24-28)33(35-6)37-32(27(2)26-38(7,8)9)25-36-39(34(3,4)5,30-20-13-11-14-21-30)31-22-15-12-16-23-31/h10-24,32-33H,1-2,25-26H2,3-9H3. The van der Waals surface area contributed by atoms with E-state index < -0.39 is 22.7 Å². The average Bonchev–Trinajstić information content (AvgIpc) is 2.90. The van der Waals surface area contributed by atoms with Gasteiger partial charge in [-0.05, 0) is 38.7 Å². The molecule has 0 aliphatic rings. The lowest BCUT2D eigenvalue weighted by atomic mass is 10.1. The van der Waals surface area contributed by atoms with Gasteiger partial charge in [0.2, 0.25) is 0 Å². The zero-order chi connectivity index (χ0) is 28.7. The third-order valence-corrected chi connectivity index (χ3v) is 13.5. The third kappa shape index (κ3) is 7.77. The quantitative estimate of drug-likeness (QED) is 0.122. The summed E-state index contributed by atoms with van der Waals surface area (Å²) >= 11 is 0. The molecule has 0 aliphatic heterocycles. The number of benzene rings is 3. The fourth-order valence-electron chi connectivity index (χ4n) is 5.26. The van der Waals surface area contributed by atoms with E-state index in [1.807, 2.05) is 24.3 Å². The fraction of sp³-hybridized carbons (Fsp3) is 0.353. The monoisotopic (exact) mass is 558 g/mol. The molecule has 208 valence electrons. The molecule has 3 aromatic carbocycles. The van der Waals surface area contributed by atoms with Crippen LogP contribution in [0.2, 0.25) is 30.7 Å². The predicted octanol–water partition coefficient (Wildman–Crippen LogP) is 7.83. The summed E-state index contributed by atoms with van der Waals surface area (Å²) < 4.78 is 19.9. The molecule has 0 heterocycles. The Kier molecular flexibility index (Phi) is 10.5. The van der Waals surface area contributed by atoms with Gasteiger partial charge in [-0.1, -0.05) is 139 Å². The van der Waals surface area contributed by atoms with Crippen LogP contribution in [0.5, 0.6) is 0 Å². The summed E-state index contributed by atoms with van der Waals surface area (Å²) in [6, 6.07) is 30.5. The molecule has 0 aliphatic carbocycles. The van der Waals surface area contributed by atoms with Crippen LogP contribution in [-0.4, -0.2) is 36.2 Å². The fourth-order valence-corrected chi connectivity index (χ4v) is 11.4. The lowest BCUT2D eigenvalue weighted by molar-refractivity contribution is -0.157. The summed E-state index contributed by atoms with van der Waals surface area (Å²) in [4.78, 5) is 0. The Bertz CT molecular complexity index is 1170. The van der Waals surface area contributed by atoms with Gasteiger partial charge in [0.15, 0.2) is 6.29 Å². The highest BCUT2D eigenvalue weighted by Gasteiger charge is 2.50. The maximum atomic E-state index is 7.29. The van der Waals surface area contributed by atoms with E-state index in [1.165, 1.54) is 10.4 Å². The van der Waals surface area contributed by atoms with Crippen LogP contribution in [0.15, 0.2) is 104 Å². The topological polar surface area (TPSA) is 27.7 Å². The second-order valence-corrected chi connectivity index (χ2v) is 22.2. The van der Waals surface area contributed by atoms with Crippen molar-refractivity contribution >= 4 is 32.8 Å². The molecule has 0 N–H and O–H groups in total. The number of methoxy groups -OCH3 is 1. The first-order valence-corrected chi connectivity index (χ1v) is 19.4. The van der Waals surface area contributed by atoms with Gasteiger partial charge >= 0.3 is 0 Å². The van der Waals surface area contributed by atoms with Crippen LogP contribution in [0.25, 0.3) is 6.08 Å². The van der Waals surface area contributed by atoms with Crippen LogP contribution >= 0.6 is 0 Å². The van der Waals surface area contributed by atoms with Crippen molar-refractivity contribution in [2.75, 3.05) is 13.7 Å². The Morgan fingerprint density at radius 3 is 1.90 bits per heavy atom. The van der Waals surface area contributed by atoms with Crippen molar-refractivity contribution in [2.45, 2.75) is 63.9 Å². The van der Waals surface area contributed by atoms with E-state index >= 15 is 0 Å². The van der Waals surface area contributed by atoms with Gasteiger partial charge in [0.05, 0.1) is 6.61 Å². The Hall–Kier alpha value is -2.55. The molecule has 0 amide bonds. The molecule has 0 fully saturated rings. The summed E-state index contributed by atoms with van der Waals surface area (Å²) in [5.74, 6) is 0. The highest BCUT2D eigenvalue weighted by molar-refractivity contribution is 6.99. The molecule has 5 heteroatoms. The van der Waals surface area contributed by atoms with E-state index in [0.29, 0.717) is 6.61 Å². The summed E-state index contributed by atoms with van der Waals surface area (Å²) in [6.07, 6.45) is 0.969. The van der Waals surface area contributed by atoms with Gasteiger partial charge in [0, 0.05) is 20.7 Å². The lowest BCUT2D eigenvalue weighted by Gasteiger charge is -2.44. The zero-order valence-electron chi connectivity index (χ0n) is 24.9. The molecule has 3 aromatic rings. The first-order chi connectivity index (χ1) is 18.4. The first kappa shape index (κ1) is 31.0. The Labute approximate surface area is 238 Å². The number of rotatable bonds is 13. The van der Waals surface area contributed by atoms with Gasteiger partial charge in [-0.3, -0.25) is 0 Å². The van der Waals surface area contributed by atoms with Gasteiger partial charge in [-0.2, -0.15) is 0 Å². The molecule has 0 spiro atoms. The molecule has 39 heavy (non-hydrogen) atoms. The second-order valence-electron chi connectivity index (χ2n) is 12.4. The molecule has 3 rings (SSSR count). The van der Waals surface area contributed by atoms with E-state index in [1.54, 1.807) is 7.11 Å². The molecule has 0 radical (unpaired) electrons. The van der Waals surface area contributed by atoms with Crippen molar-refractivity contribution in [1.29, 1.82) is 0 Å². The van der Waals surface area contributed by atoms with Crippen LogP contribution in [0.4, 0.5) is 0 Å². The van der Waals surface area contributed by atoms with Gasteiger partial charge in [0.25, 0.3) is 8.32 Å². The van der Waals surface area contributed by atoms with Crippen LogP contribution in [0.1, 0.15) is 38.2 Å². The predicted molar refractivity (Wildman–Crippen MR) is 172 cm³/mol. The Morgan fingerprint density at radius 1 is 0.872 bits per heavy atom. The van der Waals surface area contributed by atoms with E-state index in [0.717, 1.165) is 22.7 Å². The van der Waals surface area contributed by atoms with E-state index in [9.17, 15) is 0 Å². The lowest BCUT2D eigenvalue weighted by Crippen LogP contribution is -2.67. The maximum Gasteiger partial charge on any atom is 0.261 e. The van der Waals surface area contributed by atoms with Crippen LogP contribution in [-0.2, 0) is 13.9 Å². The highest BCUT2D eigenvalue weighted by Crippen LogP contribution is 2.38. The van der Waals surface area contributed by atoms with Crippen LogP contribution in [0.3, 0.4) is 0 Å². The van der Waals surface area contributed by atoms with Crippen molar-refractivity contribution in [1.82, 2.24) is 0 Å². The molecule has 2 unspecified atom stereocenters. The summed E-state index contributed by atoms with van der Waals surface area (Å²) in [6.45, 7) is 22.8. The largest absolute Gasteiger partial charge is 0.404 e. The minimum absolute atomic E-state index is 0.126. The van der Waals surface area contributed by atoms with Crippen LogP contribution < -0.4 is 10.4 Å². The average molecular weight is 559 g/mol. The molecule has 0 bridgehead atoms. The second kappa shape index (κ2) is 13.2. The van der Waals surface area contributed by atoms with Crippen molar-refractivity contribution in [2.24, 2.45) is 0 Å². The molecule has 0 saturated carbocycles. The van der Waals surface area contributed by atoms with E-state index in [2.05, 4.69) is 120 Å². The van der Waals surface area contributed by atoms with E-state index in [-0.39, 0.29) is 11.1 Å². The van der Waals surface area contributed by atoms with Gasteiger partial charge < -0.3 is 13.9 Å². The maximum absolute atomic E-state index is 7.29. The van der Waals surface area contributed by atoms with Crippen molar-refractivity contribution in [3.63, 3.8) is 0 Å². The Morgan fingerprint density at radius 2 is 1.44 bits per heavy atom. The Balaban J connectivity index is 2.05. The summed E-state index contributed by atoms with van der Waals surface area (Å²) in [5.41, 5.74) is 3.04. The van der Waals surface area contributed by atoms with Crippen molar-refractivity contribution in [3.8, 4) is 0 Å². The molecule has 2 atom stereocenters. The number of hydrogen-bond donors (Lipinski definition) is 0. The first-order valence-electron chi connectivity index (χ1n) is 13.7. The van der Waals surface area contributed by atoms with Gasteiger partial charge in [-0.15, -0.1) is 0 Å². The third-order valence-electron chi connectivity index (χ3n) is 7.00. The molecule has 0 aromatic heterocycles. The van der Waals surface area contributed by atoms with Crippen LogP contribution in [0, 0.1) is 0 Å². The SMILES string of the molecule is C=Cc1cccc(C(OC)OC(CO[Si](c2ccccc2)(c2ccccc2)C(C)(C)C)C(=C)C[Si](C)(C)C)c1. The number of ether oxygens (including phenoxy) is 2. The normalized spacial score (nSPS) is 14.0. The zero-order valence-corrected chi connectivity index (χ0v) is 26.9. The summed E-state index contributed by atoms with van der Waals surface area (Å²) in [5, 5.41) is 2.37. The molecular weight excluding hydrogens is 513 g/mol. The smallest absolute Gasteiger partial charge is 0.261 e. The minimum atomic E-state index is -2.74. The van der Waals surface area contributed by atoms with E-state index in [4.69, 9.17) is 13.9 Å². The minimum Gasteiger partial charge on any atom is -0.404 e. The highest BCUT2D eigenvalue weighted by atomic mass is 28.4. The van der Waals surface area contributed by atoms with Gasteiger partial charge in [-0.25, -0.2) is 0 Å². The molecule has 3 nitrogen and oxygen atoms in total. The molecular formula is C34H46O3Si2. The number of hydrogen-bond acceptors (Lipinski definition) is 3.